The maximum atomic E-state index is 9.24. The van der Waals surface area contributed by atoms with Crippen molar-refractivity contribution in [2.24, 2.45) is 0 Å². The van der Waals surface area contributed by atoms with Gasteiger partial charge in [0.05, 0.1) is 6.61 Å². The molecule has 8 nitrogen and oxygen atoms in total. The lowest BCUT2D eigenvalue weighted by Crippen LogP contribution is -1.90. The van der Waals surface area contributed by atoms with Crippen LogP contribution in [-0.4, -0.2) is 11.7 Å². The quantitative estimate of drug-likeness (QED) is 0.144. The normalized spacial score (nSPS) is 11.1. The fraction of sp³-hybridized carbons (Fsp3) is 0.889. The Kier molecular flexibility index (Phi) is 39.4. The van der Waals surface area contributed by atoms with Crippen molar-refractivity contribution in [3.63, 3.8) is 0 Å². The van der Waals surface area contributed by atoms with Crippen molar-refractivity contribution in [1.29, 1.82) is 0 Å². The van der Waals surface area contributed by atoms with Crippen molar-refractivity contribution < 1.29 is 28.3 Å². The average molecular weight is 447 g/mol. The summed E-state index contributed by atoms with van der Waals surface area (Å²) in [6, 6.07) is 0. The van der Waals surface area contributed by atoms with Crippen molar-refractivity contribution in [3.8, 4) is 0 Å². The topological polar surface area (TPSA) is 183 Å². The predicted molar refractivity (Wildman–Crippen MR) is 115 cm³/mol. The molecule has 28 heavy (non-hydrogen) atoms. The van der Waals surface area contributed by atoms with Gasteiger partial charge in [0.15, 0.2) is 0 Å². The summed E-state index contributed by atoms with van der Waals surface area (Å²) >= 11 is 0. The first kappa shape index (κ1) is 35.2. The van der Waals surface area contributed by atoms with Crippen LogP contribution in [0.1, 0.15) is 96.8 Å². The number of rotatable bonds is 17. The Morgan fingerprint density at radius 2 is 1.07 bits per heavy atom. The number of hydrogen-bond donors (Lipinski definition) is 3. The second kappa shape index (κ2) is 31.4. The zero-order chi connectivity index (χ0) is 19.9. The fourth-order valence-electron chi connectivity index (χ4n) is 2.53. The molecule has 2 unspecified atom stereocenters. The van der Waals surface area contributed by atoms with Gasteiger partial charge in [-0.25, -0.2) is 0 Å². The summed E-state index contributed by atoms with van der Waals surface area (Å²) in [6.07, 6.45) is 23.4. The molecular weight excluding hydrogens is 402 g/mol. The first-order chi connectivity index (χ1) is 12.5. The molecular formula is C18H44N2O6P2+2. The van der Waals surface area contributed by atoms with E-state index in [2.05, 4.69) is 17.3 Å². The third-order valence-electron chi connectivity index (χ3n) is 3.88. The van der Waals surface area contributed by atoms with Crippen molar-refractivity contribution in [1.82, 2.24) is 12.3 Å². The minimum atomic E-state index is -3.24. The number of aliphatic hydroxyl groups is 1. The van der Waals surface area contributed by atoms with E-state index in [4.69, 9.17) is 5.11 Å². The molecule has 0 saturated carbocycles. The number of allylic oxidation sites excluding steroid dienone is 1. The minimum absolute atomic E-state index is 0. The Labute approximate surface area is 173 Å². The molecule has 0 bridgehead atoms. The molecule has 0 aliphatic carbocycles. The van der Waals surface area contributed by atoms with Gasteiger partial charge in [-0.1, -0.05) is 96.1 Å². The summed E-state index contributed by atoms with van der Waals surface area (Å²) < 4.78 is 21.6. The molecule has 0 fully saturated rings. The van der Waals surface area contributed by atoms with E-state index in [-0.39, 0.29) is 18.9 Å². The monoisotopic (exact) mass is 446 g/mol. The van der Waals surface area contributed by atoms with Crippen LogP contribution in [0.25, 0.3) is 0 Å². The van der Waals surface area contributed by atoms with Gasteiger partial charge in [0.25, 0.3) is 0 Å². The largest absolute Gasteiger partial charge is 0.563 e. The maximum Gasteiger partial charge on any atom is 0.543 e. The van der Waals surface area contributed by atoms with Gasteiger partial charge in [0.1, 0.15) is 4.31 Å². The zero-order valence-electron chi connectivity index (χ0n) is 18.1. The molecule has 0 spiro atoms. The number of quaternary nitrogens is 2. The molecule has 0 aromatic rings. The highest BCUT2D eigenvalue weighted by Crippen LogP contribution is 2.24. The Hall–Kier alpha value is -0.300. The fourth-order valence-corrected chi connectivity index (χ4v) is 2.96. The van der Waals surface area contributed by atoms with Crippen LogP contribution >= 0.6 is 16.5 Å². The average Bonchev–Trinajstić information content (AvgIpc) is 2.58. The maximum absolute atomic E-state index is 9.24. The number of hydrogen-bond acceptors (Lipinski definition) is 6. The second-order valence-corrected chi connectivity index (χ2v) is 7.76. The van der Waals surface area contributed by atoms with E-state index in [1.807, 2.05) is 6.08 Å². The molecule has 2 atom stereocenters. The molecule has 10 heteroatoms. The van der Waals surface area contributed by atoms with Gasteiger partial charge >= 0.3 is 16.5 Å². The molecule has 0 heterocycles. The van der Waals surface area contributed by atoms with Gasteiger partial charge < -0.3 is 27.2 Å². The van der Waals surface area contributed by atoms with Crippen LogP contribution in [0.5, 0.6) is 0 Å². The van der Waals surface area contributed by atoms with Crippen LogP contribution in [0.3, 0.4) is 0 Å². The van der Waals surface area contributed by atoms with Gasteiger partial charge in [-0.15, -0.1) is 0 Å². The third kappa shape index (κ3) is 40.4. The minimum Gasteiger partial charge on any atom is -0.563 e. The van der Waals surface area contributed by atoms with Gasteiger partial charge in [0.2, 0.25) is 0 Å². The molecule has 0 radical (unpaired) electrons. The van der Waals surface area contributed by atoms with Crippen LogP contribution in [0.4, 0.5) is 0 Å². The summed E-state index contributed by atoms with van der Waals surface area (Å²) in [6.45, 7) is 2.47. The molecule has 0 aromatic heterocycles. The summed E-state index contributed by atoms with van der Waals surface area (Å²) in [5, 5.41) is 8.58. The van der Waals surface area contributed by atoms with E-state index >= 15 is 0 Å². The highest BCUT2D eigenvalue weighted by Gasteiger charge is 2.13. The Bertz CT molecular complexity index is 349. The lowest BCUT2D eigenvalue weighted by atomic mass is 10.0. The molecule has 0 amide bonds. The first-order valence-corrected chi connectivity index (χ1v) is 12.0. The van der Waals surface area contributed by atoms with Gasteiger partial charge in [0, 0.05) is 0 Å². The molecule has 9 N–H and O–H groups in total. The number of unbranched alkanes of at least 4 members (excludes halogenated alkanes) is 13. The Morgan fingerprint density at radius 1 is 0.714 bits per heavy atom. The Balaban J connectivity index is -0.000000274. The first-order valence-electron chi connectivity index (χ1n) is 9.77. The smallest absolute Gasteiger partial charge is 0.543 e. The molecule has 170 valence electrons. The summed E-state index contributed by atoms with van der Waals surface area (Å²) in [7, 11) is -6.47. The standard InChI is InChI=1S/C18H36O.2H3N.O5P2/c1-2-3-4-5-6-7-8-9-10-11-12-13-14-15-16-17-18-19;;;1-6(2)5-7(3)4/h16-17,19H,2-15,18H2,1H3;2*1H3;/p+2. The van der Waals surface area contributed by atoms with Crippen molar-refractivity contribution in [3.05, 3.63) is 12.2 Å². The van der Waals surface area contributed by atoms with E-state index < -0.39 is 16.5 Å². The third-order valence-corrected chi connectivity index (χ3v) is 4.95. The van der Waals surface area contributed by atoms with Crippen molar-refractivity contribution in [2.75, 3.05) is 6.61 Å². The lowest BCUT2D eigenvalue weighted by molar-refractivity contribution is -0.198. The molecule has 0 aliphatic rings. The highest BCUT2D eigenvalue weighted by atomic mass is 31.2. The van der Waals surface area contributed by atoms with E-state index in [0.29, 0.717) is 0 Å². The predicted octanol–water partition coefficient (Wildman–Crippen LogP) is 5.81. The molecule has 0 aromatic carbocycles. The number of aliphatic hydroxyl groups excluding tert-OH is 1. The van der Waals surface area contributed by atoms with Gasteiger partial charge in [-0.2, -0.15) is 0 Å². The zero-order valence-corrected chi connectivity index (χ0v) is 19.9. The highest BCUT2D eigenvalue weighted by molar-refractivity contribution is 7.44. The molecule has 0 saturated heterocycles. The van der Waals surface area contributed by atoms with E-state index in [9.17, 15) is 18.9 Å². The van der Waals surface area contributed by atoms with Crippen LogP contribution < -0.4 is 22.1 Å². The summed E-state index contributed by atoms with van der Waals surface area (Å²) in [5.74, 6) is 0. The van der Waals surface area contributed by atoms with Gasteiger partial charge in [-0.05, 0) is 22.0 Å². The molecule has 0 aliphatic heterocycles. The van der Waals surface area contributed by atoms with Crippen molar-refractivity contribution >= 4 is 16.5 Å². The SMILES string of the molecule is CCCCCCCCCCCCCCCC=CCO.O=[P+]([O-])O[P+](=O)[O-].[NH4+].[NH4+]. The van der Waals surface area contributed by atoms with Crippen LogP contribution in [0.2, 0.25) is 0 Å². The summed E-state index contributed by atoms with van der Waals surface area (Å²) in [4.78, 5) is 18.5. The van der Waals surface area contributed by atoms with Crippen molar-refractivity contribution in [2.45, 2.75) is 96.8 Å². The van der Waals surface area contributed by atoms with E-state index in [0.717, 1.165) is 6.42 Å². The van der Waals surface area contributed by atoms with Crippen LogP contribution in [0, 0.1) is 0 Å². The summed E-state index contributed by atoms with van der Waals surface area (Å²) in [5.41, 5.74) is 0. The van der Waals surface area contributed by atoms with E-state index in [1.54, 1.807) is 0 Å². The Morgan fingerprint density at radius 3 is 1.36 bits per heavy atom. The lowest BCUT2D eigenvalue weighted by Gasteiger charge is -2.02. The van der Waals surface area contributed by atoms with E-state index in [1.165, 1.54) is 83.5 Å². The van der Waals surface area contributed by atoms with Gasteiger partial charge in [-0.3, -0.25) is 0 Å². The van der Waals surface area contributed by atoms with Crippen LogP contribution in [-0.2, 0) is 13.4 Å². The molecule has 0 rings (SSSR count). The van der Waals surface area contributed by atoms with Crippen LogP contribution in [0.15, 0.2) is 12.2 Å². The second-order valence-electron chi connectivity index (χ2n) is 6.21.